The molecule has 0 spiro atoms. The number of thioether (sulfide) groups is 1. The third kappa shape index (κ3) is 4.46. The number of hydrogen-bond acceptors (Lipinski definition) is 5. The Balaban J connectivity index is 1.90. The molecule has 114 valence electrons. The van der Waals surface area contributed by atoms with Crippen LogP contribution in [0.2, 0.25) is 0 Å². The summed E-state index contributed by atoms with van der Waals surface area (Å²) in [6.45, 7) is 5.03. The van der Waals surface area contributed by atoms with Crippen LogP contribution in [0.4, 0.5) is 0 Å². The Hall–Kier alpha value is -0.590. The van der Waals surface area contributed by atoms with E-state index in [9.17, 15) is 0 Å². The van der Waals surface area contributed by atoms with Crippen LogP contribution in [0.5, 0.6) is 0 Å². The third-order valence-electron chi connectivity index (χ3n) is 3.54. The van der Waals surface area contributed by atoms with Gasteiger partial charge in [0, 0.05) is 31.9 Å². The molecule has 0 bridgehead atoms. The Morgan fingerprint density at radius 3 is 3.05 bits per heavy atom. The van der Waals surface area contributed by atoms with Crippen molar-refractivity contribution in [2.24, 2.45) is 0 Å². The zero-order chi connectivity index (χ0) is 14.2. The lowest BCUT2D eigenvalue weighted by molar-refractivity contribution is 0.174. The lowest BCUT2D eigenvalue weighted by Crippen LogP contribution is -2.36. The minimum Gasteiger partial charge on any atom is -0.383 e. The summed E-state index contributed by atoms with van der Waals surface area (Å²) >= 11 is 1.80. The Labute approximate surface area is 125 Å². The van der Waals surface area contributed by atoms with Gasteiger partial charge in [-0.1, -0.05) is 25.1 Å². The third-order valence-corrected chi connectivity index (χ3v) is 4.67. The van der Waals surface area contributed by atoms with Crippen LogP contribution in [-0.4, -0.2) is 46.8 Å². The average molecular weight is 298 g/mol. The van der Waals surface area contributed by atoms with Gasteiger partial charge in [-0.25, -0.2) is 0 Å². The number of nitrogens with one attached hydrogen (secondary N) is 1. The van der Waals surface area contributed by atoms with Crippen LogP contribution >= 0.6 is 11.8 Å². The highest BCUT2D eigenvalue weighted by atomic mass is 32.2. The second kappa shape index (κ2) is 8.64. The van der Waals surface area contributed by atoms with E-state index in [4.69, 9.17) is 4.74 Å². The largest absolute Gasteiger partial charge is 0.383 e. The van der Waals surface area contributed by atoms with Gasteiger partial charge in [0.05, 0.1) is 6.61 Å². The average Bonchev–Trinajstić information content (AvgIpc) is 2.69. The fraction of sp³-hybridized carbons (Fsp3) is 0.857. The van der Waals surface area contributed by atoms with Crippen molar-refractivity contribution in [2.45, 2.75) is 56.8 Å². The quantitative estimate of drug-likeness (QED) is 0.745. The number of nitrogens with zero attached hydrogens (tertiary/aromatic N) is 3. The Kier molecular flexibility index (Phi) is 6.82. The van der Waals surface area contributed by atoms with Gasteiger partial charge in [0.25, 0.3) is 0 Å². The molecule has 5 nitrogen and oxygen atoms in total. The topological polar surface area (TPSA) is 52.0 Å². The molecule has 1 atom stereocenters. The van der Waals surface area contributed by atoms with Crippen LogP contribution < -0.4 is 5.32 Å². The molecule has 1 unspecified atom stereocenters. The van der Waals surface area contributed by atoms with Gasteiger partial charge in [-0.3, -0.25) is 0 Å². The van der Waals surface area contributed by atoms with Gasteiger partial charge in [-0.15, -0.1) is 10.2 Å². The Morgan fingerprint density at radius 2 is 2.25 bits per heavy atom. The molecule has 1 N–H and O–H groups in total. The van der Waals surface area contributed by atoms with Crippen molar-refractivity contribution in [3.8, 4) is 0 Å². The van der Waals surface area contributed by atoms with Crippen molar-refractivity contribution >= 4 is 11.8 Å². The first-order valence-corrected chi connectivity index (χ1v) is 8.61. The first-order valence-electron chi connectivity index (χ1n) is 7.62. The second-order valence-corrected chi connectivity index (χ2v) is 6.27. The molecule has 1 aliphatic heterocycles. The zero-order valence-corrected chi connectivity index (χ0v) is 13.4. The fourth-order valence-corrected chi connectivity index (χ4v) is 3.47. The highest BCUT2D eigenvalue weighted by Crippen LogP contribution is 2.22. The zero-order valence-electron chi connectivity index (χ0n) is 12.6. The first-order chi connectivity index (χ1) is 9.85. The molecule has 0 aromatic carbocycles. The predicted molar refractivity (Wildman–Crippen MR) is 82.3 cm³/mol. The molecule has 1 aromatic heterocycles. The van der Waals surface area contributed by atoms with Crippen LogP contribution in [0.3, 0.4) is 0 Å². The molecular weight excluding hydrogens is 272 g/mol. The number of hydrogen-bond donors (Lipinski definition) is 1. The molecule has 0 fully saturated rings. The van der Waals surface area contributed by atoms with E-state index in [1.807, 2.05) is 0 Å². The summed E-state index contributed by atoms with van der Waals surface area (Å²) < 4.78 is 7.59. The lowest BCUT2D eigenvalue weighted by atomic mass is 10.2. The number of rotatable bonds is 8. The van der Waals surface area contributed by atoms with Crippen LogP contribution in [-0.2, 0) is 17.7 Å². The predicted octanol–water partition coefficient (Wildman–Crippen LogP) is 2.11. The van der Waals surface area contributed by atoms with Crippen molar-refractivity contribution in [2.75, 3.05) is 26.0 Å². The highest BCUT2D eigenvalue weighted by molar-refractivity contribution is 7.99. The van der Waals surface area contributed by atoms with Crippen molar-refractivity contribution in [1.82, 2.24) is 20.1 Å². The van der Waals surface area contributed by atoms with Crippen molar-refractivity contribution < 1.29 is 4.74 Å². The second-order valence-electron chi connectivity index (χ2n) is 5.28. The highest BCUT2D eigenvalue weighted by Gasteiger charge is 2.16. The van der Waals surface area contributed by atoms with E-state index >= 15 is 0 Å². The summed E-state index contributed by atoms with van der Waals surface area (Å²) in [4.78, 5) is 0. The molecule has 0 saturated heterocycles. The molecular formula is C14H26N4OS. The van der Waals surface area contributed by atoms with Gasteiger partial charge in [-0.2, -0.15) is 0 Å². The lowest BCUT2D eigenvalue weighted by Gasteiger charge is -2.17. The van der Waals surface area contributed by atoms with Crippen molar-refractivity contribution in [3.05, 3.63) is 5.82 Å². The van der Waals surface area contributed by atoms with E-state index in [0.717, 1.165) is 49.3 Å². The molecule has 1 aromatic rings. The molecule has 0 radical (unpaired) electrons. The summed E-state index contributed by atoms with van der Waals surface area (Å²) in [5.74, 6) is 2.14. The molecule has 6 heteroatoms. The van der Waals surface area contributed by atoms with Crippen LogP contribution in [0.25, 0.3) is 0 Å². The smallest absolute Gasteiger partial charge is 0.191 e. The van der Waals surface area contributed by atoms with Gasteiger partial charge in [0.1, 0.15) is 5.82 Å². The van der Waals surface area contributed by atoms with Gasteiger partial charge in [0.15, 0.2) is 5.16 Å². The minimum absolute atomic E-state index is 0.378. The molecule has 0 amide bonds. The fourth-order valence-electron chi connectivity index (χ4n) is 2.46. The van der Waals surface area contributed by atoms with Crippen molar-refractivity contribution in [3.63, 3.8) is 0 Å². The van der Waals surface area contributed by atoms with Crippen molar-refractivity contribution in [1.29, 1.82) is 0 Å². The monoisotopic (exact) mass is 298 g/mol. The maximum absolute atomic E-state index is 5.28. The van der Waals surface area contributed by atoms with E-state index in [1.54, 1.807) is 18.9 Å². The number of fused-ring (bicyclic) bond motifs is 1. The molecule has 0 aliphatic carbocycles. The molecule has 20 heavy (non-hydrogen) atoms. The van der Waals surface area contributed by atoms with Crippen LogP contribution in [0, 0.1) is 0 Å². The van der Waals surface area contributed by atoms with Gasteiger partial charge in [0.2, 0.25) is 0 Å². The maximum atomic E-state index is 5.28. The van der Waals surface area contributed by atoms with Crippen LogP contribution in [0.15, 0.2) is 5.16 Å². The normalized spacial score (nSPS) is 16.7. The van der Waals surface area contributed by atoms with E-state index < -0.39 is 0 Å². The van der Waals surface area contributed by atoms with Gasteiger partial charge in [-0.05, 0) is 25.8 Å². The summed E-state index contributed by atoms with van der Waals surface area (Å²) in [5, 5.41) is 13.3. The van der Waals surface area contributed by atoms with E-state index in [2.05, 4.69) is 27.0 Å². The molecule has 1 aliphatic rings. The molecule has 2 rings (SSSR count). The van der Waals surface area contributed by atoms with Gasteiger partial charge >= 0.3 is 0 Å². The summed E-state index contributed by atoms with van der Waals surface area (Å²) in [6.07, 6.45) is 6.01. The molecule has 2 heterocycles. The Morgan fingerprint density at radius 1 is 1.35 bits per heavy atom. The maximum Gasteiger partial charge on any atom is 0.191 e. The SMILES string of the molecule is CCCNC(COC)CSc1nnc2n1CCCCC2. The number of ether oxygens (including phenoxy) is 1. The first kappa shape index (κ1) is 15.8. The van der Waals surface area contributed by atoms with Gasteiger partial charge < -0.3 is 14.6 Å². The van der Waals surface area contributed by atoms with Crippen LogP contribution in [0.1, 0.15) is 38.4 Å². The number of aryl methyl sites for hydroxylation is 1. The summed E-state index contributed by atoms with van der Waals surface area (Å²) in [6, 6.07) is 0.378. The minimum atomic E-state index is 0.378. The Bertz CT molecular complexity index is 397. The number of methoxy groups -OCH3 is 1. The van der Waals surface area contributed by atoms with E-state index in [0.29, 0.717) is 6.04 Å². The van der Waals surface area contributed by atoms with E-state index in [1.165, 1.54) is 19.3 Å². The standard InChI is InChI=1S/C14H26N4OS/c1-3-8-15-12(10-19-2)11-20-14-17-16-13-7-5-4-6-9-18(13)14/h12,15H,3-11H2,1-2H3. The summed E-state index contributed by atoms with van der Waals surface area (Å²) in [7, 11) is 1.76. The number of aromatic nitrogens is 3. The van der Waals surface area contributed by atoms with E-state index in [-0.39, 0.29) is 0 Å². The molecule has 0 saturated carbocycles. The summed E-state index contributed by atoms with van der Waals surface area (Å²) in [5.41, 5.74) is 0.